The van der Waals surface area contributed by atoms with Crippen molar-refractivity contribution in [1.29, 1.82) is 0 Å². The van der Waals surface area contributed by atoms with E-state index >= 15 is 0 Å². The number of amides is 1. The number of hydrogen-bond acceptors (Lipinski definition) is 4. The number of hydrogen-bond donors (Lipinski definition) is 1. The van der Waals surface area contributed by atoms with Gasteiger partial charge in [-0.1, -0.05) is 54.4 Å². The van der Waals surface area contributed by atoms with Crippen molar-refractivity contribution in [3.8, 4) is 5.75 Å². The van der Waals surface area contributed by atoms with Crippen LogP contribution in [0.15, 0.2) is 77.7 Å². The van der Waals surface area contributed by atoms with Crippen LogP contribution < -0.4 is 14.4 Å². The van der Waals surface area contributed by atoms with Crippen LogP contribution >= 0.6 is 0 Å². The lowest BCUT2D eigenvalue weighted by atomic mass is 10.0. The molecule has 1 N–H and O–H groups in total. The normalized spacial score (nSPS) is 12.1. The smallest absolute Gasteiger partial charge is 0.264 e. The van der Waals surface area contributed by atoms with Gasteiger partial charge in [0.2, 0.25) is 5.91 Å². The average Bonchev–Trinajstić information content (AvgIpc) is 2.82. The van der Waals surface area contributed by atoms with Gasteiger partial charge in [-0.3, -0.25) is 9.10 Å². The van der Waals surface area contributed by atoms with Crippen LogP contribution in [-0.2, 0) is 14.8 Å². The molecule has 1 unspecified atom stereocenters. The maximum absolute atomic E-state index is 13.5. The molecular weight excluding hydrogens is 436 g/mol. The molecular formula is C26H30N2O4S. The maximum atomic E-state index is 13.5. The van der Waals surface area contributed by atoms with E-state index < -0.39 is 10.0 Å². The first-order valence-corrected chi connectivity index (χ1v) is 12.3. The molecule has 0 bridgehead atoms. The Balaban J connectivity index is 1.90. The highest BCUT2D eigenvalue weighted by Crippen LogP contribution is 2.26. The second-order valence-electron chi connectivity index (χ2n) is 7.96. The molecule has 3 aromatic rings. The topological polar surface area (TPSA) is 75.7 Å². The van der Waals surface area contributed by atoms with E-state index in [4.69, 9.17) is 4.74 Å². The van der Waals surface area contributed by atoms with Crippen molar-refractivity contribution in [3.63, 3.8) is 0 Å². The van der Waals surface area contributed by atoms with Gasteiger partial charge in [0.15, 0.2) is 0 Å². The zero-order chi connectivity index (χ0) is 24.0. The van der Waals surface area contributed by atoms with Crippen LogP contribution in [0.1, 0.15) is 36.1 Å². The highest BCUT2D eigenvalue weighted by Gasteiger charge is 2.28. The number of benzene rings is 3. The van der Waals surface area contributed by atoms with Crippen molar-refractivity contribution < 1.29 is 17.9 Å². The molecule has 0 heterocycles. The summed E-state index contributed by atoms with van der Waals surface area (Å²) in [5.41, 5.74) is 3.45. The predicted octanol–water partition coefficient (Wildman–Crippen LogP) is 4.77. The Labute approximate surface area is 196 Å². The number of aryl methyl sites for hydroxylation is 2. The Morgan fingerprint density at radius 2 is 1.45 bits per heavy atom. The quantitative estimate of drug-likeness (QED) is 0.493. The van der Waals surface area contributed by atoms with Crippen molar-refractivity contribution in [2.24, 2.45) is 0 Å². The second kappa shape index (κ2) is 10.5. The highest BCUT2D eigenvalue weighted by atomic mass is 32.2. The fourth-order valence-electron chi connectivity index (χ4n) is 3.49. The number of nitrogens with zero attached hydrogens (tertiary/aromatic N) is 1. The number of ether oxygens (including phenoxy) is 1. The third kappa shape index (κ3) is 5.93. The highest BCUT2D eigenvalue weighted by molar-refractivity contribution is 7.92. The van der Waals surface area contributed by atoms with Crippen LogP contribution in [0.4, 0.5) is 5.69 Å². The monoisotopic (exact) mass is 466 g/mol. The molecule has 0 radical (unpaired) electrons. The van der Waals surface area contributed by atoms with E-state index in [2.05, 4.69) is 5.32 Å². The number of nitrogens with one attached hydrogen (secondary N) is 1. The van der Waals surface area contributed by atoms with Gasteiger partial charge in [-0.15, -0.1) is 0 Å². The van der Waals surface area contributed by atoms with Crippen LogP contribution in [0.5, 0.6) is 5.75 Å². The Hall–Kier alpha value is -3.32. The average molecular weight is 467 g/mol. The molecule has 0 saturated heterocycles. The number of methoxy groups -OCH3 is 1. The summed E-state index contributed by atoms with van der Waals surface area (Å²) < 4.78 is 33.3. The fraction of sp³-hybridized carbons (Fsp3) is 0.269. The standard InChI is InChI=1S/C26H30N2O4S/c1-5-25(21-10-6-19(2)7-11-21)27-26(29)18-28(22-12-14-23(32-4)15-13-22)33(30,31)24-16-8-20(3)9-17-24/h6-17,25H,5,18H2,1-4H3,(H,27,29). The van der Waals surface area contributed by atoms with E-state index in [-0.39, 0.29) is 23.4 Å². The summed E-state index contributed by atoms with van der Waals surface area (Å²) >= 11 is 0. The molecule has 33 heavy (non-hydrogen) atoms. The number of rotatable bonds is 9. The number of carbonyl (C=O) groups excluding carboxylic acids is 1. The zero-order valence-electron chi connectivity index (χ0n) is 19.4. The molecule has 1 amide bonds. The van der Waals surface area contributed by atoms with Crippen LogP contribution in [0.25, 0.3) is 0 Å². The summed E-state index contributed by atoms with van der Waals surface area (Å²) in [7, 11) is -2.43. The lowest BCUT2D eigenvalue weighted by molar-refractivity contribution is -0.120. The summed E-state index contributed by atoms with van der Waals surface area (Å²) in [5.74, 6) is 0.218. The van der Waals surface area contributed by atoms with Gasteiger partial charge in [0.25, 0.3) is 10.0 Å². The lowest BCUT2D eigenvalue weighted by Crippen LogP contribution is -2.42. The van der Waals surface area contributed by atoms with Crippen molar-refractivity contribution >= 4 is 21.6 Å². The molecule has 0 fully saturated rings. The van der Waals surface area contributed by atoms with Gasteiger partial charge in [0.1, 0.15) is 12.3 Å². The summed E-state index contributed by atoms with van der Waals surface area (Å²) in [5, 5.41) is 2.99. The van der Waals surface area contributed by atoms with Crippen molar-refractivity contribution in [2.75, 3.05) is 18.0 Å². The number of anilines is 1. The van der Waals surface area contributed by atoms with E-state index in [1.165, 1.54) is 0 Å². The van der Waals surface area contributed by atoms with E-state index in [0.29, 0.717) is 17.9 Å². The van der Waals surface area contributed by atoms with Gasteiger partial charge in [-0.2, -0.15) is 0 Å². The number of sulfonamides is 1. The van der Waals surface area contributed by atoms with Crippen LogP contribution in [0.3, 0.4) is 0 Å². The largest absolute Gasteiger partial charge is 0.497 e. The second-order valence-corrected chi connectivity index (χ2v) is 9.82. The molecule has 0 spiro atoms. The van der Waals surface area contributed by atoms with Crippen LogP contribution in [0.2, 0.25) is 0 Å². The van der Waals surface area contributed by atoms with Gasteiger partial charge >= 0.3 is 0 Å². The number of carbonyl (C=O) groups is 1. The summed E-state index contributed by atoms with van der Waals surface area (Å²) in [6.45, 7) is 5.53. The lowest BCUT2D eigenvalue weighted by Gasteiger charge is -2.26. The summed E-state index contributed by atoms with van der Waals surface area (Å²) in [4.78, 5) is 13.2. The van der Waals surface area contributed by atoms with Gasteiger partial charge in [0, 0.05) is 0 Å². The third-order valence-corrected chi connectivity index (χ3v) is 7.27. The molecule has 6 nitrogen and oxygen atoms in total. The van der Waals surface area contributed by atoms with E-state index in [1.807, 2.05) is 45.0 Å². The van der Waals surface area contributed by atoms with Crippen molar-refractivity contribution in [2.45, 2.75) is 38.1 Å². The minimum atomic E-state index is -3.97. The zero-order valence-corrected chi connectivity index (χ0v) is 20.2. The molecule has 0 aliphatic carbocycles. The molecule has 0 saturated carbocycles. The van der Waals surface area contributed by atoms with Crippen LogP contribution in [-0.4, -0.2) is 28.0 Å². The van der Waals surface area contributed by atoms with Gasteiger partial charge in [-0.25, -0.2) is 8.42 Å². The maximum Gasteiger partial charge on any atom is 0.264 e. The molecule has 0 aromatic heterocycles. The SMILES string of the molecule is CCC(NC(=O)CN(c1ccc(OC)cc1)S(=O)(=O)c1ccc(C)cc1)c1ccc(C)cc1. The van der Waals surface area contributed by atoms with Gasteiger partial charge < -0.3 is 10.1 Å². The van der Waals surface area contributed by atoms with Crippen LogP contribution in [0, 0.1) is 13.8 Å². The Morgan fingerprint density at radius 1 is 0.909 bits per heavy atom. The summed E-state index contributed by atoms with van der Waals surface area (Å²) in [6.07, 6.45) is 0.683. The third-order valence-electron chi connectivity index (χ3n) is 5.48. The van der Waals surface area contributed by atoms with Crippen molar-refractivity contribution in [3.05, 3.63) is 89.5 Å². The van der Waals surface area contributed by atoms with Gasteiger partial charge in [-0.05, 0) is 62.2 Å². The Bertz CT molecular complexity index is 1170. The Kier molecular flexibility index (Phi) is 7.76. The van der Waals surface area contributed by atoms with Gasteiger partial charge in [0.05, 0.1) is 23.7 Å². The molecule has 3 rings (SSSR count). The molecule has 0 aliphatic heterocycles. The van der Waals surface area contributed by atoms with E-state index in [0.717, 1.165) is 21.0 Å². The van der Waals surface area contributed by atoms with Crippen molar-refractivity contribution in [1.82, 2.24) is 5.32 Å². The minimum Gasteiger partial charge on any atom is -0.497 e. The summed E-state index contributed by atoms with van der Waals surface area (Å²) in [6, 6.07) is 20.9. The van der Waals surface area contributed by atoms with E-state index in [1.54, 1.807) is 55.6 Å². The first-order chi connectivity index (χ1) is 15.7. The molecule has 3 aromatic carbocycles. The first-order valence-electron chi connectivity index (χ1n) is 10.8. The minimum absolute atomic E-state index is 0.127. The molecule has 174 valence electrons. The Morgan fingerprint density at radius 3 is 1.97 bits per heavy atom. The fourth-order valence-corrected chi connectivity index (χ4v) is 4.91. The first kappa shape index (κ1) is 24.3. The molecule has 7 heteroatoms. The molecule has 0 aliphatic rings. The molecule has 1 atom stereocenters. The van der Waals surface area contributed by atoms with E-state index in [9.17, 15) is 13.2 Å². The predicted molar refractivity (Wildman–Crippen MR) is 131 cm³/mol.